The van der Waals surface area contributed by atoms with Crippen LogP contribution in [0.2, 0.25) is 10.0 Å². The quantitative estimate of drug-likeness (QED) is 0.703. The van der Waals surface area contributed by atoms with Crippen LogP contribution in [0.5, 0.6) is 11.5 Å². The van der Waals surface area contributed by atoms with Crippen molar-refractivity contribution in [2.75, 3.05) is 0 Å². The van der Waals surface area contributed by atoms with Crippen LogP contribution in [0.3, 0.4) is 0 Å². The first kappa shape index (κ1) is 15.7. The van der Waals surface area contributed by atoms with E-state index in [1.165, 1.54) is 0 Å². The Hall–Kier alpha value is -2.23. The molecule has 0 spiro atoms. The van der Waals surface area contributed by atoms with E-state index in [9.17, 15) is 10.2 Å². The second kappa shape index (κ2) is 6.49. The zero-order valence-corrected chi connectivity index (χ0v) is 13.5. The van der Waals surface area contributed by atoms with Gasteiger partial charge < -0.3 is 10.2 Å². The molecule has 2 N–H and O–H groups in total. The summed E-state index contributed by atoms with van der Waals surface area (Å²) in [6.07, 6.45) is 1.71. The molecule has 0 bridgehead atoms. The standard InChI is InChI=1S/C18H13Cl2NO2/c19-13-9-11(4-6-16(13)22)18(15-3-1-2-8-21-15)12-5-7-17(23)14(20)10-12/h1-10,18,22-23H. The van der Waals surface area contributed by atoms with E-state index in [1.807, 2.05) is 18.2 Å². The smallest absolute Gasteiger partial charge is 0.134 e. The SMILES string of the molecule is Oc1ccc(C(c2ccc(O)c(Cl)c2)c2ccccn2)cc1Cl. The van der Waals surface area contributed by atoms with Gasteiger partial charge in [0.05, 0.1) is 21.7 Å². The van der Waals surface area contributed by atoms with Gasteiger partial charge in [0.1, 0.15) is 11.5 Å². The fourth-order valence-corrected chi connectivity index (χ4v) is 2.86. The van der Waals surface area contributed by atoms with Crippen LogP contribution in [0.25, 0.3) is 0 Å². The zero-order valence-electron chi connectivity index (χ0n) is 11.9. The van der Waals surface area contributed by atoms with Crippen molar-refractivity contribution in [1.82, 2.24) is 4.98 Å². The molecule has 3 nitrogen and oxygen atoms in total. The predicted molar refractivity (Wildman–Crippen MR) is 91.4 cm³/mol. The Labute approximate surface area is 143 Å². The Bertz CT molecular complexity index is 786. The number of pyridine rings is 1. The molecule has 0 aliphatic rings. The Morgan fingerprint density at radius 2 is 1.35 bits per heavy atom. The number of phenols is 2. The van der Waals surface area contributed by atoms with E-state index in [1.54, 1.807) is 42.6 Å². The maximum atomic E-state index is 9.65. The van der Waals surface area contributed by atoms with Crippen molar-refractivity contribution in [2.45, 2.75) is 5.92 Å². The molecule has 0 radical (unpaired) electrons. The summed E-state index contributed by atoms with van der Waals surface area (Å²) in [6, 6.07) is 15.8. The molecule has 5 heteroatoms. The van der Waals surface area contributed by atoms with Crippen molar-refractivity contribution in [3.8, 4) is 11.5 Å². The highest BCUT2D eigenvalue weighted by molar-refractivity contribution is 6.32. The number of hydrogen-bond acceptors (Lipinski definition) is 3. The molecule has 2 aromatic carbocycles. The summed E-state index contributed by atoms with van der Waals surface area (Å²) in [5, 5.41) is 19.8. The first-order valence-corrected chi connectivity index (χ1v) is 7.69. The molecular formula is C18H13Cl2NO2. The summed E-state index contributed by atoms with van der Waals surface area (Å²) in [5.41, 5.74) is 2.55. The largest absolute Gasteiger partial charge is 0.506 e. The lowest BCUT2D eigenvalue weighted by molar-refractivity contribution is 0.475. The van der Waals surface area contributed by atoms with Crippen molar-refractivity contribution in [3.05, 3.63) is 87.7 Å². The van der Waals surface area contributed by atoms with E-state index in [-0.39, 0.29) is 27.5 Å². The first-order valence-electron chi connectivity index (χ1n) is 6.94. The summed E-state index contributed by atoms with van der Waals surface area (Å²) in [4.78, 5) is 4.42. The fraction of sp³-hybridized carbons (Fsp3) is 0.0556. The van der Waals surface area contributed by atoms with Crippen LogP contribution in [-0.4, -0.2) is 15.2 Å². The van der Waals surface area contributed by atoms with Crippen LogP contribution in [0, 0.1) is 0 Å². The minimum Gasteiger partial charge on any atom is -0.506 e. The lowest BCUT2D eigenvalue weighted by Crippen LogP contribution is -2.05. The summed E-state index contributed by atoms with van der Waals surface area (Å²) >= 11 is 12.1. The molecule has 1 aromatic heterocycles. The van der Waals surface area contributed by atoms with E-state index in [4.69, 9.17) is 23.2 Å². The van der Waals surface area contributed by atoms with Gasteiger partial charge in [-0.25, -0.2) is 0 Å². The van der Waals surface area contributed by atoms with Gasteiger partial charge in [0, 0.05) is 6.20 Å². The molecular weight excluding hydrogens is 333 g/mol. The van der Waals surface area contributed by atoms with Crippen LogP contribution < -0.4 is 0 Å². The van der Waals surface area contributed by atoms with Crippen molar-refractivity contribution in [1.29, 1.82) is 0 Å². The van der Waals surface area contributed by atoms with E-state index in [2.05, 4.69) is 4.98 Å². The molecule has 0 atom stereocenters. The molecule has 1 heterocycles. The van der Waals surface area contributed by atoms with Gasteiger partial charge in [0.2, 0.25) is 0 Å². The van der Waals surface area contributed by atoms with Gasteiger partial charge in [-0.3, -0.25) is 4.98 Å². The fourth-order valence-electron chi connectivity index (χ4n) is 2.49. The molecule has 0 aliphatic carbocycles. The maximum absolute atomic E-state index is 9.65. The minimum atomic E-state index is -0.215. The molecule has 23 heavy (non-hydrogen) atoms. The number of benzene rings is 2. The third-order valence-electron chi connectivity index (χ3n) is 3.59. The van der Waals surface area contributed by atoms with E-state index in [0.29, 0.717) is 0 Å². The normalized spacial score (nSPS) is 10.9. The first-order chi connectivity index (χ1) is 11.1. The molecule has 0 unspecified atom stereocenters. The average molecular weight is 346 g/mol. The number of aromatic nitrogens is 1. The van der Waals surface area contributed by atoms with Crippen molar-refractivity contribution in [3.63, 3.8) is 0 Å². The highest BCUT2D eigenvalue weighted by Crippen LogP contribution is 2.37. The second-order valence-electron chi connectivity index (χ2n) is 5.11. The molecule has 0 saturated heterocycles. The van der Waals surface area contributed by atoms with Gasteiger partial charge in [-0.15, -0.1) is 0 Å². The molecule has 0 fully saturated rings. The van der Waals surface area contributed by atoms with Gasteiger partial charge >= 0.3 is 0 Å². The Kier molecular flexibility index (Phi) is 4.42. The molecule has 0 aliphatic heterocycles. The van der Waals surface area contributed by atoms with Crippen molar-refractivity contribution < 1.29 is 10.2 Å². The lowest BCUT2D eigenvalue weighted by Gasteiger charge is -2.19. The van der Waals surface area contributed by atoms with Gasteiger partial charge in [-0.2, -0.15) is 0 Å². The van der Waals surface area contributed by atoms with Crippen molar-refractivity contribution >= 4 is 23.2 Å². The van der Waals surface area contributed by atoms with E-state index in [0.717, 1.165) is 16.8 Å². The zero-order chi connectivity index (χ0) is 16.4. The monoisotopic (exact) mass is 345 g/mol. The number of phenolic OH excluding ortho intramolecular Hbond substituents is 2. The van der Waals surface area contributed by atoms with Crippen LogP contribution in [-0.2, 0) is 0 Å². The van der Waals surface area contributed by atoms with Gasteiger partial charge in [-0.1, -0.05) is 41.4 Å². The second-order valence-corrected chi connectivity index (χ2v) is 5.92. The van der Waals surface area contributed by atoms with E-state index < -0.39 is 0 Å². The van der Waals surface area contributed by atoms with Crippen molar-refractivity contribution in [2.24, 2.45) is 0 Å². The molecule has 3 aromatic rings. The van der Waals surface area contributed by atoms with Gasteiger partial charge in [-0.05, 0) is 47.5 Å². The Balaban J connectivity index is 2.17. The molecule has 3 rings (SSSR count). The highest BCUT2D eigenvalue weighted by atomic mass is 35.5. The predicted octanol–water partition coefficient (Wildman–Crippen LogP) is 4.98. The number of rotatable bonds is 3. The summed E-state index contributed by atoms with van der Waals surface area (Å²) in [5.74, 6) is -0.162. The van der Waals surface area contributed by atoms with Crippen LogP contribution in [0.1, 0.15) is 22.7 Å². The summed E-state index contributed by atoms with van der Waals surface area (Å²) in [6.45, 7) is 0. The number of aromatic hydroxyl groups is 2. The number of halogens is 2. The maximum Gasteiger partial charge on any atom is 0.134 e. The minimum absolute atomic E-state index is 0.0268. The summed E-state index contributed by atoms with van der Waals surface area (Å²) in [7, 11) is 0. The third-order valence-corrected chi connectivity index (χ3v) is 4.20. The molecule has 116 valence electrons. The number of nitrogens with zero attached hydrogens (tertiary/aromatic N) is 1. The van der Waals surface area contributed by atoms with E-state index >= 15 is 0 Å². The third kappa shape index (κ3) is 3.26. The summed E-state index contributed by atoms with van der Waals surface area (Å²) < 4.78 is 0. The topological polar surface area (TPSA) is 53.4 Å². The van der Waals surface area contributed by atoms with Crippen LogP contribution in [0.4, 0.5) is 0 Å². The van der Waals surface area contributed by atoms with Crippen LogP contribution in [0.15, 0.2) is 60.8 Å². The molecule has 0 amide bonds. The average Bonchev–Trinajstić information content (AvgIpc) is 2.55. The van der Waals surface area contributed by atoms with Crippen LogP contribution >= 0.6 is 23.2 Å². The van der Waals surface area contributed by atoms with Gasteiger partial charge in [0.25, 0.3) is 0 Å². The molecule has 0 saturated carbocycles. The van der Waals surface area contributed by atoms with Gasteiger partial charge in [0.15, 0.2) is 0 Å². The lowest BCUT2D eigenvalue weighted by atomic mass is 9.88. The Morgan fingerprint density at radius 3 is 1.78 bits per heavy atom. The highest BCUT2D eigenvalue weighted by Gasteiger charge is 2.20. The number of hydrogen-bond donors (Lipinski definition) is 2. The Morgan fingerprint density at radius 1 is 0.783 bits per heavy atom.